The molecule has 25 heavy (non-hydrogen) atoms. The van der Waals surface area contributed by atoms with Gasteiger partial charge in [0.15, 0.2) is 9.84 Å². The Morgan fingerprint density at radius 3 is 2.76 bits per heavy atom. The van der Waals surface area contributed by atoms with Crippen LogP contribution in [0.1, 0.15) is 32.5 Å². The van der Waals surface area contributed by atoms with Crippen LogP contribution in [-0.4, -0.2) is 52.4 Å². The highest BCUT2D eigenvalue weighted by atomic mass is 32.2. The molecule has 2 aromatic rings. The molecule has 6 nitrogen and oxygen atoms in total. The molecule has 7 heteroatoms. The number of amides is 1. The van der Waals surface area contributed by atoms with Crippen molar-refractivity contribution in [2.24, 2.45) is 0 Å². The quantitative estimate of drug-likeness (QED) is 0.816. The van der Waals surface area contributed by atoms with Crippen molar-refractivity contribution in [3.63, 3.8) is 0 Å². The van der Waals surface area contributed by atoms with E-state index in [0.717, 1.165) is 23.3 Å². The molecule has 1 amide bonds. The van der Waals surface area contributed by atoms with Crippen LogP contribution < -0.4 is 0 Å². The van der Waals surface area contributed by atoms with Crippen LogP contribution in [0.3, 0.4) is 0 Å². The fourth-order valence-electron chi connectivity index (χ4n) is 3.61. The number of imidazole rings is 1. The third-order valence-corrected chi connectivity index (χ3v) is 6.84. The molecular weight excluding hydrogens is 338 g/mol. The first-order valence-electron chi connectivity index (χ1n) is 8.76. The molecule has 0 bridgehead atoms. The van der Waals surface area contributed by atoms with Crippen molar-refractivity contribution in [1.29, 1.82) is 0 Å². The maximum absolute atomic E-state index is 13.1. The number of nitrogens with zero attached hydrogens (tertiary/aromatic N) is 3. The molecule has 0 aliphatic carbocycles. The summed E-state index contributed by atoms with van der Waals surface area (Å²) in [7, 11) is -3.03. The lowest BCUT2D eigenvalue weighted by molar-refractivity contribution is -0.136. The summed E-state index contributed by atoms with van der Waals surface area (Å²) in [5.41, 5.74) is 1.79. The molecule has 0 N–H and O–H groups in total. The van der Waals surface area contributed by atoms with Gasteiger partial charge in [-0.2, -0.15) is 0 Å². The number of carbonyl (C=O) groups excluding carboxylic acids is 1. The van der Waals surface area contributed by atoms with Gasteiger partial charge in [0, 0.05) is 12.1 Å². The maximum atomic E-state index is 13.1. The molecule has 1 aromatic heterocycles. The molecule has 0 radical (unpaired) electrons. The zero-order valence-electron chi connectivity index (χ0n) is 15.0. The lowest BCUT2D eigenvalue weighted by Gasteiger charge is -2.34. The van der Waals surface area contributed by atoms with Crippen molar-refractivity contribution in [2.45, 2.75) is 52.2 Å². The van der Waals surface area contributed by atoms with Gasteiger partial charge in [0.25, 0.3) is 0 Å². The van der Waals surface area contributed by atoms with Crippen LogP contribution in [0.4, 0.5) is 0 Å². The molecule has 2 heterocycles. The molecular formula is C18H25N3O3S. The number of hydrogen-bond donors (Lipinski definition) is 0. The van der Waals surface area contributed by atoms with Gasteiger partial charge in [-0.3, -0.25) is 4.79 Å². The molecule has 0 spiro atoms. The molecule has 3 rings (SSSR count). The summed E-state index contributed by atoms with van der Waals surface area (Å²) in [4.78, 5) is 19.4. The van der Waals surface area contributed by atoms with E-state index in [1.54, 1.807) is 4.90 Å². The Bertz CT molecular complexity index is 888. The van der Waals surface area contributed by atoms with Gasteiger partial charge < -0.3 is 9.47 Å². The highest BCUT2D eigenvalue weighted by molar-refractivity contribution is 7.91. The van der Waals surface area contributed by atoms with Crippen LogP contribution in [-0.2, 0) is 21.2 Å². The van der Waals surface area contributed by atoms with Crippen molar-refractivity contribution in [2.75, 3.05) is 11.5 Å². The SMILES string of the molecule is CC[C@H](C)N(C(=O)Cn1c(C)nc2ccccc21)[C@H]1CCS(=O)(=O)C1. The second-order valence-electron chi connectivity index (χ2n) is 6.85. The third-order valence-electron chi connectivity index (χ3n) is 5.09. The summed E-state index contributed by atoms with van der Waals surface area (Å²) in [6.07, 6.45) is 1.33. The molecule has 1 saturated heterocycles. The second-order valence-corrected chi connectivity index (χ2v) is 9.08. The number of hydrogen-bond acceptors (Lipinski definition) is 4. The Hall–Kier alpha value is -1.89. The zero-order chi connectivity index (χ0) is 18.2. The fourth-order valence-corrected chi connectivity index (χ4v) is 5.32. The molecule has 1 aliphatic heterocycles. The van der Waals surface area contributed by atoms with E-state index in [9.17, 15) is 13.2 Å². The molecule has 2 atom stereocenters. The molecule has 0 unspecified atom stereocenters. The third kappa shape index (κ3) is 3.56. The number of carbonyl (C=O) groups is 1. The van der Waals surface area contributed by atoms with Crippen molar-refractivity contribution in [3.05, 3.63) is 30.1 Å². The summed E-state index contributed by atoms with van der Waals surface area (Å²) >= 11 is 0. The van der Waals surface area contributed by atoms with Gasteiger partial charge >= 0.3 is 0 Å². The normalized spacial score (nSPS) is 20.7. The highest BCUT2D eigenvalue weighted by Crippen LogP contribution is 2.23. The molecule has 136 valence electrons. The number of benzene rings is 1. The van der Waals surface area contributed by atoms with Gasteiger partial charge in [-0.25, -0.2) is 13.4 Å². The van der Waals surface area contributed by atoms with E-state index in [4.69, 9.17) is 0 Å². The van der Waals surface area contributed by atoms with E-state index >= 15 is 0 Å². The number of para-hydroxylation sites is 2. The van der Waals surface area contributed by atoms with E-state index in [1.807, 2.05) is 49.6 Å². The zero-order valence-corrected chi connectivity index (χ0v) is 15.8. The average molecular weight is 363 g/mol. The summed E-state index contributed by atoms with van der Waals surface area (Å²) in [5.74, 6) is 0.998. The monoisotopic (exact) mass is 363 g/mol. The van der Waals surface area contributed by atoms with Crippen LogP contribution in [0, 0.1) is 6.92 Å². The Labute approximate surface area is 148 Å². The first-order chi connectivity index (χ1) is 11.8. The maximum Gasteiger partial charge on any atom is 0.243 e. The highest BCUT2D eigenvalue weighted by Gasteiger charge is 2.36. The fraction of sp³-hybridized carbons (Fsp3) is 0.556. The van der Waals surface area contributed by atoms with Crippen molar-refractivity contribution in [3.8, 4) is 0 Å². The summed E-state index contributed by atoms with van der Waals surface area (Å²) in [6, 6.07) is 7.54. The van der Waals surface area contributed by atoms with Gasteiger partial charge in [0.1, 0.15) is 12.4 Å². The lowest BCUT2D eigenvalue weighted by Crippen LogP contribution is -2.47. The smallest absolute Gasteiger partial charge is 0.243 e. The van der Waals surface area contributed by atoms with Crippen LogP contribution in [0.2, 0.25) is 0 Å². The number of aromatic nitrogens is 2. The minimum absolute atomic E-state index is 0.0147. The Morgan fingerprint density at radius 2 is 2.12 bits per heavy atom. The van der Waals surface area contributed by atoms with Gasteiger partial charge in [0.05, 0.1) is 22.5 Å². The summed E-state index contributed by atoms with van der Waals surface area (Å²) in [5, 5.41) is 0. The van der Waals surface area contributed by atoms with Gasteiger partial charge in [-0.05, 0) is 38.8 Å². The van der Waals surface area contributed by atoms with Crippen LogP contribution in [0.25, 0.3) is 11.0 Å². The summed E-state index contributed by atoms with van der Waals surface area (Å²) in [6.45, 7) is 6.09. The van der Waals surface area contributed by atoms with Crippen molar-refractivity contribution in [1.82, 2.24) is 14.5 Å². The number of rotatable bonds is 5. The number of fused-ring (bicyclic) bond motifs is 1. The van der Waals surface area contributed by atoms with Crippen molar-refractivity contribution < 1.29 is 13.2 Å². The Kier molecular flexibility index (Phi) is 4.86. The van der Waals surface area contributed by atoms with E-state index < -0.39 is 9.84 Å². The first kappa shape index (κ1) is 17.9. The average Bonchev–Trinajstić information content (AvgIpc) is 3.07. The molecule has 0 saturated carbocycles. The van der Waals surface area contributed by atoms with E-state index in [2.05, 4.69) is 4.98 Å². The predicted molar refractivity (Wildman–Crippen MR) is 98.1 cm³/mol. The van der Waals surface area contributed by atoms with Gasteiger partial charge in [0.2, 0.25) is 5.91 Å². The van der Waals surface area contributed by atoms with Crippen LogP contribution in [0.5, 0.6) is 0 Å². The predicted octanol–water partition coefficient (Wildman–Crippen LogP) is 2.16. The standard InChI is InChI=1S/C18H25N3O3S/c1-4-13(2)21(15-9-10-25(23,24)12-15)18(22)11-20-14(3)19-16-7-5-6-8-17(16)20/h5-8,13,15H,4,9-12H2,1-3H3/t13-,15-/m0/s1. The Balaban J connectivity index is 1.89. The summed E-state index contributed by atoms with van der Waals surface area (Å²) < 4.78 is 25.7. The molecule has 1 aliphatic rings. The first-order valence-corrected chi connectivity index (χ1v) is 10.6. The van der Waals surface area contributed by atoms with E-state index in [-0.39, 0.29) is 36.0 Å². The van der Waals surface area contributed by atoms with Gasteiger partial charge in [-0.1, -0.05) is 19.1 Å². The van der Waals surface area contributed by atoms with Gasteiger partial charge in [-0.15, -0.1) is 0 Å². The van der Waals surface area contributed by atoms with Crippen molar-refractivity contribution >= 4 is 26.8 Å². The number of sulfone groups is 1. The number of aryl methyl sites for hydroxylation is 1. The van der Waals surface area contributed by atoms with E-state index in [1.165, 1.54) is 0 Å². The van der Waals surface area contributed by atoms with E-state index in [0.29, 0.717) is 6.42 Å². The minimum atomic E-state index is -3.03. The molecule has 1 fully saturated rings. The van der Waals surface area contributed by atoms with Crippen LogP contribution in [0.15, 0.2) is 24.3 Å². The topological polar surface area (TPSA) is 72.3 Å². The van der Waals surface area contributed by atoms with Crippen LogP contribution >= 0.6 is 0 Å². The molecule has 1 aromatic carbocycles. The second kappa shape index (κ2) is 6.78. The minimum Gasteiger partial charge on any atom is -0.334 e. The Morgan fingerprint density at radius 1 is 1.40 bits per heavy atom. The largest absolute Gasteiger partial charge is 0.334 e. The lowest BCUT2D eigenvalue weighted by atomic mass is 10.1.